The van der Waals surface area contributed by atoms with E-state index in [1.807, 2.05) is 12.1 Å². The van der Waals surface area contributed by atoms with Crippen molar-refractivity contribution in [2.45, 2.75) is 57.7 Å². The van der Waals surface area contributed by atoms with Crippen molar-refractivity contribution < 1.29 is 14.3 Å². The second-order valence-corrected chi connectivity index (χ2v) is 9.51. The molecule has 0 saturated carbocycles. The van der Waals surface area contributed by atoms with Gasteiger partial charge in [-0.25, -0.2) is 0 Å². The summed E-state index contributed by atoms with van der Waals surface area (Å²) in [6.45, 7) is 8.23. The Balaban J connectivity index is 1.22. The molecule has 5 nitrogen and oxygen atoms in total. The van der Waals surface area contributed by atoms with E-state index in [2.05, 4.69) is 42.3 Å². The molecule has 164 valence electrons. The predicted molar refractivity (Wildman–Crippen MR) is 119 cm³/mol. The number of hydrogen-bond donors (Lipinski definition) is 1. The molecular formula is C25H36N2O3. The summed E-state index contributed by atoms with van der Waals surface area (Å²) >= 11 is 0. The molecule has 3 heterocycles. The summed E-state index contributed by atoms with van der Waals surface area (Å²) in [6, 6.07) is 8.10. The minimum atomic E-state index is 0.0455. The van der Waals surface area contributed by atoms with E-state index in [1.165, 1.54) is 17.6 Å². The van der Waals surface area contributed by atoms with Crippen LogP contribution in [0.4, 0.5) is 0 Å². The van der Waals surface area contributed by atoms with E-state index in [1.54, 1.807) is 7.11 Å². The summed E-state index contributed by atoms with van der Waals surface area (Å²) in [7, 11) is 1.68. The van der Waals surface area contributed by atoms with Crippen molar-refractivity contribution in [1.82, 2.24) is 10.2 Å². The van der Waals surface area contributed by atoms with Crippen molar-refractivity contribution in [3.05, 3.63) is 41.5 Å². The molecule has 3 aliphatic heterocycles. The number of aryl methyl sites for hydroxylation is 1. The van der Waals surface area contributed by atoms with Crippen LogP contribution in [-0.4, -0.2) is 55.8 Å². The second-order valence-electron chi connectivity index (χ2n) is 9.51. The third-order valence-corrected chi connectivity index (χ3v) is 7.18. The number of benzene rings is 1. The summed E-state index contributed by atoms with van der Waals surface area (Å²) < 4.78 is 11.7. The Morgan fingerprint density at radius 3 is 2.87 bits per heavy atom. The maximum absolute atomic E-state index is 12.4. The number of allylic oxidation sites excluding steroid dienone is 1. The zero-order chi connectivity index (χ0) is 21.1. The van der Waals surface area contributed by atoms with Crippen LogP contribution in [-0.2, 0) is 16.0 Å². The van der Waals surface area contributed by atoms with Crippen molar-refractivity contribution in [1.29, 1.82) is 0 Å². The fraction of sp³-hybridized carbons (Fsp3) is 0.640. The van der Waals surface area contributed by atoms with E-state index in [9.17, 15) is 4.79 Å². The molecule has 3 fully saturated rings. The number of hydrogen-bond acceptors (Lipinski definition) is 4. The quantitative estimate of drug-likeness (QED) is 0.630. The van der Waals surface area contributed by atoms with Gasteiger partial charge in [-0.3, -0.25) is 9.69 Å². The highest BCUT2D eigenvalue weighted by atomic mass is 16.5. The number of carbonyl (C=O) groups excluding carboxylic acids is 1. The van der Waals surface area contributed by atoms with Crippen LogP contribution in [0.15, 0.2) is 35.9 Å². The van der Waals surface area contributed by atoms with Crippen molar-refractivity contribution in [3.63, 3.8) is 0 Å². The van der Waals surface area contributed by atoms with Crippen LogP contribution in [0.25, 0.3) is 0 Å². The zero-order valence-corrected chi connectivity index (χ0v) is 18.7. The summed E-state index contributed by atoms with van der Waals surface area (Å²) in [6.07, 6.45) is 7.33. The first-order valence-electron chi connectivity index (χ1n) is 11.4. The number of ether oxygens (including phenoxy) is 2. The van der Waals surface area contributed by atoms with Crippen molar-refractivity contribution in [2.24, 2.45) is 11.8 Å². The topological polar surface area (TPSA) is 50.8 Å². The third kappa shape index (κ3) is 4.57. The molecule has 30 heavy (non-hydrogen) atoms. The summed E-state index contributed by atoms with van der Waals surface area (Å²) in [5.41, 5.74) is 2.66. The molecule has 0 aliphatic carbocycles. The van der Waals surface area contributed by atoms with E-state index in [-0.39, 0.29) is 11.5 Å². The highest BCUT2D eigenvalue weighted by molar-refractivity contribution is 5.75. The number of nitrogens with one attached hydrogen (secondary N) is 1. The maximum Gasteiger partial charge on any atom is 0.220 e. The molecule has 3 saturated heterocycles. The molecule has 1 aromatic rings. The molecule has 1 N–H and O–H groups in total. The summed E-state index contributed by atoms with van der Waals surface area (Å²) in [4.78, 5) is 15.0. The number of nitrogens with zero attached hydrogens (tertiary/aromatic N) is 1. The molecule has 5 heteroatoms. The number of amides is 1. The van der Waals surface area contributed by atoms with Crippen LogP contribution in [0.2, 0.25) is 0 Å². The molecule has 1 spiro atoms. The van der Waals surface area contributed by atoms with Gasteiger partial charge in [0.05, 0.1) is 18.8 Å². The van der Waals surface area contributed by atoms with Crippen molar-refractivity contribution in [3.8, 4) is 5.75 Å². The number of carbonyl (C=O) groups is 1. The lowest BCUT2D eigenvalue weighted by atomic mass is 9.73. The Kier molecular flexibility index (Phi) is 6.49. The van der Waals surface area contributed by atoms with Gasteiger partial charge < -0.3 is 14.8 Å². The van der Waals surface area contributed by atoms with Gasteiger partial charge in [-0.1, -0.05) is 23.8 Å². The van der Waals surface area contributed by atoms with E-state index in [0.29, 0.717) is 24.4 Å². The number of fused-ring (bicyclic) bond motifs is 1. The Labute approximate surface area is 180 Å². The van der Waals surface area contributed by atoms with Crippen LogP contribution in [0.5, 0.6) is 5.75 Å². The van der Waals surface area contributed by atoms with Gasteiger partial charge >= 0.3 is 0 Å². The van der Waals surface area contributed by atoms with Gasteiger partial charge in [0, 0.05) is 44.4 Å². The highest BCUT2D eigenvalue weighted by Crippen LogP contribution is 2.54. The van der Waals surface area contributed by atoms with Crippen LogP contribution < -0.4 is 10.1 Å². The molecule has 1 amide bonds. The highest BCUT2D eigenvalue weighted by Gasteiger charge is 2.62. The first-order chi connectivity index (χ1) is 14.5. The molecule has 4 atom stereocenters. The monoisotopic (exact) mass is 412 g/mol. The first-order valence-corrected chi connectivity index (χ1v) is 11.4. The van der Waals surface area contributed by atoms with Crippen LogP contribution >= 0.6 is 0 Å². The van der Waals surface area contributed by atoms with E-state index in [0.717, 1.165) is 51.2 Å². The Bertz CT molecular complexity index is 771. The first kappa shape index (κ1) is 21.4. The number of rotatable bonds is 9. The standard InChI is InChI=1S/C25H36N2O3/c1-18(2)12-14-27-16-22-21(23-11-13-25(22,17-27)30-23)15-26-24(28)6-4-5-19-7-9-20(29-3)10-8-19/h7-10,12,21-23H,4-6,11,13-17H2,1-3H3,(H,26,28)/t21-,22+,23+,25+/m0/s1. The Hall–Kier alpha value is -1.85. The SMILES string of the molecule is COc1ccc(CCCC(=O)NC[C@H]2[C@H]3CN(CC=C(C)C)C[C@]34CC[C@H]2O4)cc1. The molecule has 0 aromatic heterocycles. The minimum Gasteiger partial charge on any atom is -0.497 e. The Morgan fingerprint density at radius 2 is 2.13 bits per heavy atom. The fourth-order valence-corrected chi connectivity index (χ4v) is 5.58. The maximum atomic E-state index is 12.4. The van der Waals surface area contributed by atoms with Crippen LogP contribution in [0, 0.1) is 11.8 Å². The van der Waals surface area contributed by atoms with E-state index >= 15 is 0 Å². The largest absolute Gasteiger partial charge is 0.497 e. The van der Waals surface area contributed by atoms with Gasteiger partial charge in [0.25, 0.3) is 0 Å². The lowest BCUT2D eigenvalue weighted by molar-refractivity contribution is -0.121. The van der Waals surface area contributed by atoms with Crippen LogP contribution in [0.1, 0.15) is 45.1 Å². The lowest BCUT2D eigenvalue weighted by Crippen LogP contribution is -2.41. The molecule has 0 radical (unpaired) electrons. The van der Waals surface area contributed by atoms with Gasteiger partial charge in [-0.05, 0) is 57.2 Å². The van der Waals surface area contributed by atoms with Gasteiger partial charge in [-0.15, -0.1) is 0 Å². The molecule has 1 aromatic carbocycles. The average Bonchev–Trinajstić information content (AvgIpc) is 3.39. The van der Waals surface area contributed by atoms with Crippen molar-refractivity contribution in [2.75, 3.05) is 33.3 Å². The van der Waals surface area contributed by atoms with Gasteiger partial charge in [0.1, 0.15) is 5.75 Å². The van der Waals surface area contributed by atoms with Gasteiger partial charge in [0.15, 0.2) is 0 Å². The fourth-order valence-electron chi connectivity index (χ4n) is 5.58. The summed E-state index contributed by atoms with van der Waals surface area (Å²) in [5, 5.41) is 3.22. The average molecular weight is 413 g/mol. The number of methoxy groups -OCH3 is 1. The van der Waals surface area contributed by atoms with Crippen LogP contribution in [0.3, 0.4) is 0 Å². The molecule has 0 unspecified atom stereocenters. The molecule has 2 bridgehead atoms. The van der Waals surface area contributed by atoms with E-state index in [4.69, 9.17) is 9.47 Å². The third-order valence-electron chi connectivity index (χ3n) is 7.18. The Morgan fingerprint density at radius 1 is 1.33 bits per heavy atom. The van der Waals surface area contributed by atoms with Gasteiger partial charge in [0.2, 0.25) is 5.91 Å². The van der Waals surface area contributed by atoms with Gasteiger partial charge in [-0.2, -0.15) is 0 Å². The molecule has 3 aliphatic rings. The predicted octanol–water partition coefficient (Wildman–Crippen LogP) is 3.58. The minimum absolute atomic E-state index is 0.0455. The van der Waals surface area contributed by atoms with E-state index < -0.39 is 0 Å². The summed E-state index contributed by atoms with van der Waals surface area (Å²) in [5.74, 6) is 2.05. The molecule has 4 rings (SSSR count). The zero-order valence-electron chi connectivity index (χ0n) is 18.7. The normalized spacial score (nSPS) is 29.6. The number of likely N-dealkylation sites (tertiary alicyclic amines) is 1. The second kappa shape index (κ2) is 9.11. The smallest absolute Gasteiger partial charge is 0.220 e. The van der Waals surface area contributed by atoms with Crippen molar-refractivity contribution >= 4 is 5.91 Å². The lowest BCUT2D eigenvalue weighted by Gasteiger charge is -2.29. The molecular weight excluding hydrogens is 376 g/mol.